The van der Waals surface area contributed by atoms with E-state index < -0.39 is 0 Å². The molecule has 1 aromatic carbocycles. The summed E-state index contributed by atoms with van der Waals surface area (Å²) in [7, 11) is 1.56. The topological polar surface area (TPSA) is 41.5 Å². The molecule has 3 nitrogen and oxygen atoms in total. The molecular weight excluding hydrogens is 258 g/mol. The van der Waals surface area contributed by atoms with Crippen LogP contribution in [0.4, 0.5) is 0 Å². The summed E-state index contributed by atoms with van der Waals surface area (Å²) in [5, 5.41) is 13.3. The summed E-state index contributed by atoms with van der Waals surface area (Å²) in [5.74, 6) is 0.738. The lowest BCUT2D eigenvalue weighted by Crippen LogP contribution is -2.34. The lowest BCUT2D eigenvalue weighted by Gasteiger charge is -2.27. The Kier molecular flexibility index (Phi) is 4.99. The average molecular weight is 281 g/mol. The smallest absolute Gasteiger partial charge is 0.160 e. The molecule has 1 saturated carbocycles. The number of hydrogen-bond donors (Lipinski definition) is 2. The molecule has 1 aliphatic carbocycles. The van der Waals surface area contributed by atoms with Crippen LogP contribution >= 0.6 is 11.8 Å². The molecule has 0 bridgehead atoms. The van der Waals surface area contributed by atoms with Crippen LogP contribution in [0.3, 0.4) is 0 Å². The molecule has 0 amide bonds. The zero-order valence-electron chi connectivity index (χ0n) is 11.7. The molecule has 0 unspecified atom stereocenters. The summed E-state index contributed by atoms with van der Waals surface area (Å²) in [6, 6.07) is 5.57. The average Bonchev–Trinajstić information content (AvgIpc) is 2.88. The lowest BCUT2D eigenvalue weighted by molar-refractivity contribution is 0.373. The van der Waals surface area contributed by atoms with Crippen molar-refractivity contribution < 1.29 is 9.84 Å². The fourth-order valence-electron chi connectivity index (χ4n) is 2.75. The van der Waals surface area contributed by atoms with Crippen LogP contribution < -0.4 is 10.1 Å². The minimum Gasteiger partial charge on any atom is -0.504 e. The third kappa shape index (κ3) is 3.57. The van der Waals surface area contributed by atoms with E-state index in [1.807, 2.05) is 23.9 Å². The largest absolute Gasteiger partial charge is 0.504 e. The fraction of sp³-hybridized carbons (Fsp3) is 0.600. The van der Waals surface area contributed by atoms with Crippen LogP contribution in [0, 0.1) is 0 Å². The fourth-order valence-corrected chi connectivity index (χ4v) is 3.70. The second kappa shape index (κ2) is 6.53. The highest BCUT2D eigenvalue weighted by molar-refractivity contribution is 8.00. The number of hydrogen-bond acceptors (Lipinski definition) is 4. The van der Waals surface area contributed by atoms with Gasteiger partial charge < -0.3 is 15.2 Å². The van der Waals surface area contributed by atoms with Gasteiger partial charge in [0.1, 0.15) is 0 Å². The lowest BCUT2D eigenvalue weighted by atomic mass is 10.1. The Morgan fingerprint density at radius 1 is 1.37 bits per heavy atom. The van der Waals surface area contributed by atoms with Gasteiger partial charge in [-0.2, -0.15) is 11.8 Å². The Hall–Kier alpha value is -0.870. The molecule has 0 aliphatic heterocycles. The summed E-state index contributed by atoms with van der Waals surface area (Å²) in [5.41, 5.74) is 1.09. The van der Waals surface area contributed by atoms with Crippen LogP contribution in [0.25, 0.3) is 0 Å². The number of rotatable bonds is 6. The molecule has 0 atom stereocenters. The van der Waals surface area contributed by atoms with E-state index in [9.17, 15) is 5.11 Å². The summed E-state index contributed by atoms with van der Waals surface area (Å²) < 4.78 is 5.47. The zero-order chi connectivity index (χ0) is 13.7. The van der Waals surface area contributed by atoms with Gasteiger partial charge in [-0.1, -0.05) is 18.9 Å². The van der Waals surface area contributed by atoms with Crippen LogP contribution in [-0.4, -0.2) is 29.8 Å². The normalized spacial score (nSPS) is 17.6. The van der Waals surface area contributed by atoms with Crippen molar-refractivity contribution in [2.45, 2.75) is 37.0 Å². The quantitative estimate of drug-likeness (QED) is 0.840. The van der Waals surface area contributed by atoms with Gasteiger partial charge in [-0.15, -0.1) is 0 Å². The Morgan fingerprint density at radius 3 is 2.68 bits per heavy atom. The molecule has 0 heterocycles. The highest BCUT2D eigenvalue weighted by Gasteiger charge is 2.32. The Balaban J connectivity index is 1.87. The number of methoxy groups -OCH3 is 1. The van der Waals surface area contributed by atoms with Crippen LogP contribution in [0.1, 0.15) is 31.2 Å². The number of ether oxygens (including phenoxy) is 1. The second-order valence-corrected chi connectivity index (χ2v) is 6.48. The van der Waals surface area contributed by atoms with Crippen LogP contribution in [-0.2, 0) is 6.54 Å². The van der Waals surface area contributed by atoms with Crippen molar-refractivity contribution in [2.24, 2.45) is 0 Å². The number of benzene rings is 1. The predicted octanol–water partition coefficient (Wildman–Crippen LogP) is 3.17. The maximum Gasteiger partial charge on any atom is 0.160 e. The van der Waals surface area contributed by atoms with E-state index in [0.717, 1.165) is 18.7 Å². The van der Waals surface area contributed by atoms with Gasteiger partial charge in [-0.25, -0.2) is 0 Å². The van der Waals surface area contributed by atoms with Gasteiger partial charge in [0.15, 0.2) is 11.5 Å². The molecule has 0 spiro atoms. The Bertz CT molecular complexity index is 417. The minimum atomic E-state index is 0.210. The number of aromatic hydroxyl groups is 1. The molecule has 0 aromatic heterocycles. The molecule has 1 aromatic rings. The van der Waals surface area contributed by atoms with Crippen molar-refractivity contribution in [1.29, 1.82) is 0 Å². The van der Waals surface area contributed by atoms with E-state index in [1.165, 1.54) is 25.7 Å². The van der Waals surface area contributed by atoms with Crippen molar-refractivity contribution in [3.63, 3.8) is 0 Å². The first-order chi connectivity index (χ1) is 9.19. The van der Waals surface area contributed by atoms with Gasteiger partial charge >= 0.3 is 0 Å². The van der Waals surface area contributed by atoms with Gasteiger partial charge in [-0.3, -0.25) is 0 Å². The van der Waals surface area contributed by atoms with Crippen molar-refractivity contribution in [3.05, 3.63) is 23.8 Å². The zero-order valence-corrected chi connectivity index (χ0v) is 12.6. The van der Waals surface area contributed by atoms with Crippen molar-refractivity contribution >= 4 is 11.8 Å². The molecule has 4 heteroatoms. The summed E-state index contributed by atoms with van der Waals surface area (Å²) in [6.07, 6.45) is 7.55. The van der Waals surface area contributed by atoms with E-state index in [-0.39, 0.29) is 5.75 Å². The second-order valence-electron chi connectivity index (χ2n) is 5.20. The molecule has 2 N–H and O–H groups in total. The van der Waals surface area contributed by atoms with E-state index in [1.54, 1.807) is 13.2 Å². The van der Waals surface area contributed by atoms with Gasteiger partial charge in [0, 0.05) is 17.8 Å². The maximum atomic E-state index is 9.74. The van der Waals surface area contributed by atoms with Crippen molar-refractivity contribution in [1.82, 2.24) is 5.32 Å². The number of nitrogens with one attached hydrogen (secondary N) is 1. The Labute approximate surface area is 119 Å². The summed E-state index contributed by atoms with van der Waals surface area (Å²) in [4.78, 5) is 0. The third-order valence-electron chi connectivity index (χ3n) is 3.97. The first-order valence-electron chi connectivity index (χ1n) is 6.81. The van der Waals surface area contributed by atoms with E-state index in [4.69, 9.17) is 4.74 Å². The molecule has 19 heavy (non-hydrogen) atoms. The van der Waals surface area contributed by atoms with Crippen LogP contribution in [0.2, 0.25) is 0 Å². The van der Waals surface area contributed by atoms with Crippen LogP contribution in [0.5, 0.6) is 11.5 Å². The summed E-state index contributed by atoms with van der Waals surface area (Å²) in [6.45, 7) is 1.83. The first-order valence-corrected chi connectivity index (χ1v) is 8.03. The molecule has 0 radical (unpaired) electrons. The molecule has 106 valence electrons. The molecule has 1 aliphatic rings. The monoisotopic (exact) mass is 281 g/mol. The highest BCUT2D eigenvalue weighted by atomic mass is 32.2. The molecule has 2 rings (SSSR count). The first kappa shape index (κ1) is 14.5. The summed E-state index contributed by atoms with van der Waals surface area (Å²) >= 11 is 1.99. The Morgan fingerprint density at radius 2 is 2.11 bits per heavy atom. The molecule has 1 fully saturated rings. The van der Waals surface area contributed by atoms with Crippen LogP contribution in [0.15, 0.2) is 18.2 Å². The standard InChI is InChI=1S/C15H23NO2S/c1-18-14-6-5-12(9-13(14)17)10-16-11-15(19-2)7-3-4-8-15/h5-6,9,16-17H,3-4,7-8,10-11H2,1-2H3. The molecular formula is C15H23NO2S. The third-order valence-corrected chi connectivity index (χ3v) is 5.39. The SMILES string of the molecule is COc1ccc(CNCC2(SC)CCCC2)cc1O. The minimum absolute atomic E-state index is 0.210. The van der Waals surface area contributed by atoms with E-state index in [0.29, 0.717) is 10.5 Å². The van der Waals surface area contributed by atoms with Gasteiger partial charge in [0.25, 0.3) is 0 Å². The van der Waals surface area contributed by atoms with Gasteiger partial charge in [0.2, 0.25) is 0 Å². The predicted molar refractivity (Wildman–Crippen MR) is 81.1 cm³/mol. The highest BCUT2D eigenvalue weighted by Crippen LogP contribution is 2.39. The van der Waals surface area contributed by atoms with E-state index >= 15 is 0 Å². The van der Waals surface area contributed by atoms with Crippen molar-refractivity contribution in [2.75, 3.05) is 19.9 Å². The van der Waals surface area contributed by atoms with Gasteiger partial charge in [0.05, 0.1) is 7.11 Å². The maximum absolute atomic E-state index is 9.74. The molecule has 0 saturated heterocycles. The van der Waals surface area contributed by atoms with Gasteiger partial charge in [-0.05, 0) is 36.8 Å². The van der Waals surface area contributed by atoms with E-state index in [2.05, 4.69) is 11.6 Å². The number of phenols is 1. The van der Waals surface area contributed by atoms with Crippen molar-refractivity contribution in [3.8, 4) is 11.5 Å². The number of thioether (sulfide) groups is 1. The number of phenolic OH excluding ortho intramolecular Hbond substituents is 1.